The number of rotatable bonds is 6. The molecule has 0 bridgehead atoms. The first-order valence-electron chi connectivity index (χ1n) is 10.1. The molecule has 2 amide bonds. The number of amides is 2. The van der Waals surface area contributed by atoms with Crippen LogP contribution in [0.2, 0.25) is 0 Å². The molecule has 3 rings (SSSR count). The summed E-state index contributed by atoms with van der Waals surface area (Å²) in [5.74, 6) is 4.26. The van der Waals surface area contributed by atoms with E-state index in [2.05, 4.69) is 6.07 Å². The van der Waals surface area contributed by atoms with Crippen molar-refractivity contribution in [2.75, 3.05) is 0 Å². The topological polar surface area (TPSA) is 113 Å². The van der Waals surface area contributed by atoms with Crippen LogP contribution in [0.4, 0.5) is 4.39 Å². The highest BCUT2D eigenvalue weighted by Crippen LogP contribution is 2.26. The van der Waals surface area contributed by atoms with Gasteiger partial charge in [-0.25, -0.2) is 10.2 Å². The summed E-state index contributed by atoms with van der Waals surface area (Å²) in [5.41, 5.74) is 7.18. The number of carbonyl (C=O) groups is 2. The lowest BCUT2D eigenvalue weighted by molar-refractivity contribution is -0.138. The molecule has 0 aromatic heterocycles. The Balaban J connectivity index is 1.69. The van der Waals surface area contributed by atoms with Crippen LogP contribution >= 0.6 is 0 Å². The minimum atomic E-state index is -0.814. The van der Waals surface area contributed by atoms with Gasteiger partial charge in [-0.1, -0.05) is 49.6 Å². The minimum absolute atomic E-state index is 0.0970. The van der Waals surface area contributed by atoms with Gasteiger partial charge in [0, 0.05) is 12.3 Å². The van der Waals surface area contributed by atoms with Gasteiger partial charge in [-0.05, 0) is 41.7 Å². The largest absolute Gasteiger partial charge is 0.366 e. The standard InChI is InChI=1S/C23H25FN4O2/c24-21-13-18(10-11-20(21)22(26)29)16-8-6-15(7-9-16)12-19(14-25)28(27)23(30)17-4-2-1-3-5-17/h6-11,13,17,19H,1-5,12,27H2,(H2,26,29)/t19-/m0/s1. The Morgan fingerprint density at radius 3 is 2.30 bits per heavy atom. The average molecular weight is 408 g/mol. The summed E-state index contributed by atoms with van der Waals surface area (Å²) in [5, 5.41) is 10.6. The maximum atomic E-state index is 14.0. The van der Waals surface area contributed by atoms with Crippen LogP contribution in [-0.2, 0) is 11.2 Å². The Kier molecular flexibility index (Phi) is 6.80. The van der Waals surface area contributed by atoms with E-state index in [1.54, 1.807) is 18.2 Å². The monoisotopic (exact) mass is 408 g/mol. The first-order valence-corrected chi connectivity index (χ1v) is 10.1. The third-order valence-corrected chi connectivity index (χ3v) is 5.64. The number of benzene rings is 2. The molecule has 2 aromatic carbocycles. The van der Waals surface area contributed by atoms with E-state index in [4.69, 9.17) is 11.6 Å². The molecule has 0 heterocycles. The minimum Gasteiger partial charge on any atom is -0.366 e. The number of primary amides is 1. The Morgan fingerprint density at radius 1 is 1.10 bits per heavy atom. The summed E-state index contributed by atoms with van der Waals surface area (Å²) in [7, 11) is 0. The lowest BCUT2D eigenvalue weighted by Crippen LogP contribution is -2.49. The molecule has 0 spiro atoms. The highest BCUT2D eigenvalue weighted by molar-refractivity contribution is 5.93. The number of nitrogens with zero attached hydrogens (tertiary/aromatic N) is 2. The van der Waals surface area contributed by atoms with Crippen molar-refractivity contribution in [1.29, 1.82) is 5.26 Å². The molecule has 0 radical (unpaired) electrons. The molecular weight excluding hydrogens is 383 g/mol. The molecule has 2 aromatic rings. The molecule has 1 atom stereocenters. The van der Waals surface area contributed by atoms with Crippen molar-refractivity contribution in [3.63, 3.8) is 0 Å². The molecule has 4 N–H and O–H groups in total. The number of halogens is 1. The van der Waals surface area contributed by atoms with Gasteiger partial charge in [-0.15, -0.1) is 0 Å². The van der Waals surface area contributed by atoms with Crippen molar-refractivity contribution in [3.05, 3.63) is 59.4 Å². The maximum Gasteiger partial charge on any atom is 0.251 e. The quantitative estimate of drug-likeness (QED) is 0.434. The number of hydrazine groups is 1. The fourth-order valence-corrected chi connectivity index (χ4v) is 3.87. The lowest BCUT2D eigenvalue weighted by atomic mass is 9.88. The van der Waals surface area contributed by atoms with Crippen molar-refractivity contribution in [2.45, 2.75) is 44.6 Å². The Labute approximate surface area is 175 Å². The summed E-state index contributed by atoms with van der Waals surface area (Å²) in [6.07, 6.45) is 5.13. The summed E-state index contributed by atoms with van der Waals surface area (Å²) < 4.78 is 14.0. The fraction of sp³-hybridized carbons (Fsp3) is 0.348. The van der Waals surface area contributed by atoms with Crippen LogP contribution in [0.3, 0.4) is 0 Å². The van der Waals surface area contributed by atoms with Crippen molar-refractivity contribution >= 4 is 11.8 Å². The normalized spacial score (nSPS) is 15.2. The van der Waals surface area contributed by atoms with Gasteiger partial charge in [0.1, 0.15) is 11.9 Å². The van der Waals surface area contributed by atoms with E-state index < -0.39 is 17.8 Å². The van der Waals surface area contributed by atoms with Gasteiger partial charge in [0.15, 0.2) is 0 Å². The van der Waals surface area contributed by atoms with E-state index >= 15 is 0 Å². The van der Waals surface area contributed by atoms with E-state index in [9.17, 15) is 19.2 Å². The zero-order chi connectivity index (χ0) is 21.7. The van der Waals surface area contributed by atoms with Gasteiger partial charge in [-0.3, -0.25) is 14.6 Å². The van der Waals surface area contributed by atoms with Crippen molar-refractivity contribution in [1.82, 2.24) is 5.01 Å². The van der Waals surface area contributed by atoms with Gasteiger partial charge in [0.05, 0.1) is 11.6 Å². The number of carbonyl (C=O) groups excluding carboxylic acids is 2. The van der Waals surface area contributed by atoms with E-state index in [0.29, 0.717) is 12.0 Å². The smallest absolute Gasteiger partial charge is 0.251 e. The molecular formula is C23H25FN4O2. The van der Waals surface area contributed by atoms with Crippen LogP contribution < -0.4 is 11.6 Å². The van der Waals surface area contributed by atoms with Gasteiger partial charge >= 0.3 is 0 Å². The average Bonchev–Trinajstić information content (AvgIpc) is 2.77. The Morgan fingerprint density at radius 2 is 1.73 bits per heavy atom. The molecule has 0 unspecified atom stereocenters. The Hall–Kier alpha value is -3.24. The molecule has 0 aliphatic heterocycles. The van der Waals surface area contributed by atoms with E-state index in [0.717, 1.165) is 48.2 Å². The SMILES string of the molecule is N#C[C@H](Cc1ccc(-c2ccc(C(N)=O)c(F)c2)cc1)N(N)C(=O)C1CCCCC1. The second-order valence-corrected chi connectivity index (χ2v) is 7.69. The van der Waals surface area contributed by atoms with E-state index in [-0.39, 0.29) is 17.4 Å². The van der Waals surface area contributed by atoms with Crippen LogP contribution in [0.25, 0.3) is 11.1 Å². The van der Waals surface area contributed by atoms with E-state index in [1.807, 2.05) is 12.1 Å². The van der Waals surface area contributed by atoms with Crippen LogP contribution in [0.15, 0.2) is 42.5 Å². The number of hydrogen-bond acceptors (Lipinski definition) is 4. The predicted molar refractivity (Wildman–Crippen MR) is 111 cm³/mol. The van der Waals surface area contributed by atoms with E-state index in [1.165, 1.54) is 12.1 Å². The zero-order valence-corrected chi connectivity index (χ0v) is 16.7. The molecule has 30 heavy (non-hydrogen) atoms. The molecule has 0 saturated heterocycles. The van der Waals surface area contributed by atoms with Gasteiger partial charge in [-0.2, -0.15) is 5.26 Å². The summed E-state index contributed by atoms with van der Waals surface area (Å²) >= 11 is 0. The molecule has 1 aliphatic carbocycles. The van der Waals surface area contributed by atoms with Crippen LogP contribution in [-0.4, -0.2) is 22.9 Å². The van der Waals surface area contributed by atoms with Gasteiger partial charge < -0.3 is 5.73 Å². The second kappa shape index (κ2) is 9.51. The zero-order valence-electron chi connectivity index (χ0n) is 16.7. The van der Waals surface area contributed by atoms with Gasteiger partial charge in [0.25, 0.3) is 5.91 Å². The number of nitriles is 1. The highest BCUT2D eigenvalue weighted by Gasteiger charge is 2.29. The van der Waals surface area contributed by atoms with Crippen molar-refractivity contribution in [2.24, 2.45) is 17.5 Å². The van der Waals surface area contributed by atoms with Gasteiger partial charge in [0.2, 0.25) is 5.91 Å². The highest BCUT2D eigenvalue weighted by atomic mass is 19.1. The lowest BCUT2D eigenvalue weighted by Gasteiger charge is -2.28. The fourth-order valence-electron chi connectivity index (χ4n) is 3.87. The maximum absolute atomic E-state index is 14.0. The first-order chi connectivity index (χ1) is 14.4. The second-order valence-electron chi connectivity index (χ2n) is 7.69. The third kappa shape index (κ3) is 4.84. The third-order valence-electron chi connectivity index (χ3n) is 5.64. The van der Waals surface area contributed by atoms with Crippen molar-refractivity contribution < 1.29 is 14.0 Å². The number of nitrogens with two attached hydrogens (primary N) is 2. The molecule has 1 saturated carbocycles. The Bertz CT molecular complexity index is 962. The molecule has 1 aliphatic rings. The number of hydrogen-bond donors (Lipinski definition) is 2. The summed E-state index contributed by atoms with van der Waals surface area (Å²) in [6, 6.07) is 12.9. The van der Waals surface area contributed by atoms with Crippen molar-refractivity contribution in [3.8, 4) is 17.2 Å². The summed E-state index contributed by atoms with van der Waals surface area (Å²) in [6.45, 7) is 0. The first kappa shape index (κ1) is 21.5. The molecule has 6 nitrogen and oxygen atoms in total. The summed E-state index contributed by atoms with van der Waals surface area (Å²) in [4.78, 5) is 23.8. The predicted octanol–water partition coefficient (Wildman–Crippen LogP) is 3.31. The van der Waals surface area contributed by atoms with Crippen LogP contribution in [0, 0.1) is 23.1 Å². The van der Waals surface area contributed by atoms with Crippen LogP contribution in [0.5, 0.6) is 0 Å². The molecule has 7 heteroatoms. The molecule has 1 fully saturated rings. The molecule has 156 valence electrons. The van der Waals surface area contributed by atoms with Crippen LogP contribution in [0.1, 0.15) is 48.0 Å².